The van der Waals surface area contributed by atoms with Gasteiger partial charge in [0.05, 0.1) is 11.5 Å². The van der Waals surface area contributed by atoms with Crippen molar-refractivity contribution in [3.05, 3.63) is 0 Å². The maximum atomic E-state index is 11.5. The fraction of sp³-hybridized carbons (Fsp3) is 1.00. The molecule has 18 heavy (non-hydrogen) atoms. The lowest BCUT2D eigenvalue weighted by Crippen LogP contribution is -2.50. The monoisotopic (exact) mass is 436 g/mol. The highest BCUT2D eigenvalue weighted by Crippen LogP contribution is 2.55. The molecular formula is C6H4Cl8O3S. The Labute approximate surface area is 144 Å². The Bertz CT molecular complexity index is 440. The molecule has 1 aliphatic rings. The highest BCUT2D eigenvalue weighted by atomic mass is 35.6. The summed E-state index contributed by atoms with van der Waals surface area (Å²) in [5, 5.41) is -2.14. The van der Waals surface area contributed by atoms with Crippen LogP contribution in [0.4, 0.5) is 0 Å². The fourth-order valence-corrected chi connectivity index (χ4v) is 5.53. The van der Waals surface area contributed by atoms with Gasteiger partial charge in [0.25, 0.3) is 4.52 Å². The summed E-state index contributed by atoms with van der Waals surface area (Å²) < 4.78 is 21.2. The molecule has 1 fully saturated rings. The van der Waals surface area contributed by atoms with Crippen LogP contribution in [0.2, 0.25) is 0 Å². The van der Waals surface area contributed by atoms with Crippen molar-refractivity contribution in [1.29, 1.82) is 0 Å². The standard InChI is InChI=1S/C6H4Cl8O3S/c7-3(8)1-18(15,16)2-4(3,9)17-6(13,14)5(10,11)12/h1-2H2/t4-/m1/s1. The van der Waals surface area contributed by atoms with E-state index in [4.69, 9.17) is 97.5 Å². The zero-order valence-corrected chi connectivity index (χ0v) is 14.9. The lowest BCUT2D eigenvalue weighted by atomic mass is 10.3. The van der Waals surface area contributed by atoms with E-state index in [2.05, 4.69) is 0 Å². The first-order chi connectivity index (χ1) is 7.62. The molecule has 0 aromatic heterocycles. The van der Waals surface area contributed by atoms with Crippen LogP contribution in [-0.2, 0) is 14.6 Å². The Kier molecular flexibility index (Phi) is 5.23. The summed E-state index contributed by atoms with van der Waals surface area (Å²) in [5.41, 5.74) is 0. The Morgan fingerprint density at radius 3 is 1.67 bits per heavy atom. The normalized spacial score (nSPS) is 31.6. The lowest BCUT2D eigenvalue weighted by molar-refractivity contribution is -0.00987. The van der Waals surface area contributed by atoms with Gasteiger partial charge in [-0.05, 0) is 0 Å². The van der Waals surface area contributed by atoms with Gasteiger partial charge < -0.3 is 4.74 Å². The van der Waals surface area contributed by atoms with Gasteiger partial charge in [0.2, 0.25) is 3.79 Å². The van der Waals surface area contributed by atoms with Crippen LogP contribution in [0.25, 0.3) is 0 Å². The average molecular weight is 440 g/mol. The summed E-state index contributed by atoms with van der Waals surface area (Å²) in [7, 11) is -3.65. The molecule has 108 valence electrons. The van der Waals surface area contributed by atoms with E-state index in [1.807, 2.05) is 0 Å². The van der Waals surface area contributed by atoms with E-state index in [1.54, 1.807) is 0 Å². The minimum absolute atomic E-state index is 0.643. The van der Waals surface area contributed by atoms with Gasteiger partial charge in [0.1, 0.15) is 0 Å². The Balaban J connectivity index is 3.10. The van der Waals surface area contributed by atoms with Gasteiger partial charge in [-0.2, -0.15) is 0 Å². The van der Waals surface area contributed by atoms with Crippen molar-refractivity contribution in [3.8, 4) is 0 Å². The van der Waals surface area contributed by atoms with Crippen molar-refractivity contribution in [2.75, 3.05) is 11.5 Å². The Hall–Kier alpha value is 2.23. The number of ether oxygens (including phenoxy) is 1. The van der Waals surface area contributed by atoms with E-state index in [-0.39, 0.29) is 0 Å². The maximum Gasteiger partial charge on any atom is 0.267 e. The Morgan fingerprint density at radius 1 is 0.944 bits per heavy atom. The molecule has 0 aromatic rings. The molecule has 0 amide bonds. The fourth-order valence-electron chi connectivity index (χ4n) is 1.19. The number of rotatable bonds is 2. The van der Waals surface area contributed by atoms with E-state index >= 15 is 0 Å². The molecule has 0 N–H and O–H groups in total. The number of hydrogen-bond acceptors (Lipinski definition) is 3. The summed E-state index contributed by atoms with van der Waals surface area (Å²) >= 11 is 45.3. The molecule has 1 rings (SSSR count). The second-order valence-corrected chi connectivity index (χ2v) is 11.3. The highest BCUT2D eigenvalue weighted by Gasteiger charge is 2.65. The van der Waals surface area contributed by atoms with Crippen LogP contribution in [0.1, 0.15) is 0 Å². The molecule has 0 aliphatic carbocycles. The van der Waals surface area contributed by atoms with Crippen LogP contribution in [0.3, 0.4) is 0 Å². The lowest BCUT2D eigenvalue weighted by Gasteiger charge is -2.37. The summed E-state index contributed by atoms with van der Waals surface area (Å²) in [6.07, 6.45) is 0. The number of sulfone groups is 1. The molecule has 1 saturated heterocycles. The van der Waals surface area contributed by atoms with E-state index < -0.39 is 39.0 Å². The molecule has 0 saturated carbocycles. The van der Waals surface area contributed by atoms with Gasteiger partial charge in [-0.15, -0.1) is 0 Å². The minimum atomic E-state index is -3.65. The number of alkyl halides is 8. The van der Waals surface area contributed by atoms with E-state index in [0.717, 1.165) is 0 Å². The summed E-state index contributed by atoms with van der Waals surface area (Å²) in [4.78, 5) is 0. The van der Waals surface area contributed by atoms with E-state index in [1.165, 1.54) is 0 Å². The van der Waals surface area contributed by atoms with Crippen molar-refractivity contribution in [3.63, 3.8) is 0 Å². The van der Waals surface area contributed by atoms with Gasteiger partial charge in [-0.25, -0.2) is 8.42 Å². The van der Waals surface area contributed by atoms with Gasteiger partial charge in [-0.1, -0.05) is 92.8 Å². The first-order valence-corrected chi connectivity index (χ1v) is 8.88. The summed E-state index contributed by atoms with van der Waals surface area (Å²) in [6, 6.07) is 0. The molecular weight excluding hydrogens is 436 g/mol. The summed E-state index contributed by atoms with van der Waals surface area (Å²) in [6.45, 7) is 0. The average Bonchev–Trinajstić information content (AvgIpc) is 2.09. The molecule has 3 nitrogen and oxygen atoms in total. The van der Waals surface area contributed by atoms with Gasteiger partial charge in [0, 0.05) is 0 Å². The molecule has 1 heterocycles. The molecule has 1 atom stereocenters. The summed E-state index contributed by atoms with van der Waals surface area (Å²) in [5.74, 6) is -1.37. The molecule has 0 spiro atoms. The van der Waals surface area contributed by atoms with Gasteiger partial charge in [-0.3, -0.25) is 0 Å². The van der Waals surface area contributed by atoms with Gasteiger partial charge in [0.15, 0.2) is 19.2 Å². The highest BCUT2D eigenvalue weighted by molar-refractivity contribution is 7.92. The minimum Gasteiger partial charge on any atom is -0.316 e. The first kappa shape index (κ1) is 18.3. The van der Waals surface area contributed by atoms with Crippen LogP contribution in [-0.4, -0.2) is 37.6 Å². The van der Waals surface area contributed by atoms with Crippen molar-refractivity contribution >= 4 is 103 Å². The van der Waals surface area contributed by atoms with E-state index in [0.29, 0.717) is 0 Å². The second-order valence-electron chi connectivity index (χ2n) is 3.58. The quantitative estimate of drug-likeness (QED) is 0.610. The molecule has 0 radical (unpaired) electrons. The third-order valence-corrected chi connectivity index (χ3v) is 7.87. The molecule has 0 unspecified atom stereocenters. The van der Waals surface area contributed by atoms with Crippen LogP contribution in [0.15, 0.2) is 0 Å². The van der Waals surface area contributed by atoms with E-state index in [9.17, 15) is 8.42 Å². The zero-order valence-electron chi connectivity index (χ0n) is 8.07. The second kappa shape index (κ2) is 5.15. The first-order valence-electron chi connectivity index (χ1n) is 4.04. The molecule has 1 aliphatic heterocycles. The zero-order chi connectivity index (χ0) is 14.6. The number of hydrogen-bond donors (Lipinski definition) is 0. The SMILES string of the molecule is O=S1(=O)CC(Cl)(Cl)[C@](Cl)(OC(Cl)(Cl)C(Cl)(Cl)Cl)C1. The third kappa shape index (κ3) is 3.70. The Morgan fingerprint density at radius 2 is 1.39 bits per heavy atom. The van der Waals surface area contributed by atoms with Crippen molar-refractivity contribution in [2.24, 2.45) is 0 Å². The van der Waals surface area contributed by atoms with Gasteiger partial charge >= 0.3 is 0 Å². The van der Waals surface area contributed by atoms with Crippen molar-refractivity contribution in [1.82, 2.24) is 0 Å². The maximum absolute atomic E-state index is 11.5. The number of halogens is 8. The topological polar surface area (TPSA) is 43.4 Å². The largest absolute Gasteiger partial charge is 0.316 e. The van der Waals surface area contributed by atoms with Crippen LogP contribution in [0, 0.1) is 0 Å². The smallest absolute Gasteiger partial charge is 0.267 e. The predicted octanol–water partition coefficient (Wildman–Crippen LogP) is 4.04. The van der Waals surface area contributed by atoms with Crippen molar-refractivity contribution < 1.29 is 13.2 Å². The third-order valence-electron chi connectivity index (χ3n) is 1.97. The van der Waals surface area contributed by atoms with Crippen molar-refractivity contribution in [2.45, 2.75) is 17.7 Å². The van der Waals surface area contributed by atoms with Crippen LogP contribution < -0.4 is 0 Å². The molecule has 0 aromatic carbocycles. The van der Waals surface area contributed by atoms with Crippen LogP contribution in [0.5, 0.6) is 0 Å². The van der Waals surface area contributed by atoms with Crippen LogP contribution >= 0.6 is 92.8 Å². The molecule has 0 bridgehead atoms. The molecule has 12 heteroatoms. The predicted molar refractivity (Wildman–Crippen MR) is 77.5 cm³/mol.